The van der Waals surface area contributed by atoms with E-state index in [4.69, 9.17) is 0 Å². The van der Waals surface area contributed by atoms with Crippen LogP contribution in [0.25, 0.3) is 0 Å². The third kappa shape index (κ3) is 3.83. The molecule has 5 heteroatoms. The SMILES string of the molecule is CCN(CC)c1ccc(C(O)C(O)CNC)c(O)c1. The predicted octanol–water partition coefficient (Wildman–Crippen LogP) is 0.852. The average Bonchev–Trinajstić information content (AvgIpc) is 2.40. The van der Waals surface area contributed by atoms with Gasteiger partial charge in [0.25, 0.3) is 0 Å². The second-order valence-corrected chi connectivity index (χ2v) is 4.49. The molecule has 0 saturated heterocycles. The molecule has 0 spiro atoms. The Morgan fingerprint density at radius 1 is 1.21 bits per heavy atom. The minimum atomic E-state index is -1.10. The van der Waals surface area contributed by atoms with Gasteiger partial charge in [-0.1, -0.05) is 6.07 Å². The number of aliphatic hydroxyl groups excluding tert-OH is 2. The zero-order chi connectivity index (χ0) is 14.4. The van der Waals surface area contributed by atoms with E-state index in [0.717, 1.165) is 18.8 Å². The second-order valence-electron chi connectivity index (χ2n) is 4.49. The third-order valence-electron chi connectivity index (χ3n) is 3.24. The van der Waals surface area contributed by atoms with Gasteiger partial charge in [-0.25, -0.2) is 0 Å². The molecule has 19 heavy (non-hydrogen) atoms. The van der Waals surface area contributed by atoms with E-state index in [1.165, 1.54) is 0 Å². The van der Waals surface area contributed by atoms with Gasteiger partial charge in [0.2, 0.25) is 0 Å². The first-order chi connectivity index (χ1) is 9.04. The van der Waals surface area contributed by atoms with Gasteiger partial charge in [0.15, 0.2) is 0 Å². The maximum Gasteiger partial charge on any atom is 0.123 e. The molecule has 1 aromatic carbocycles. The van der Waals surface area contributed by atoms with Gasteiger partial charge in [-0.3, -0.25) is 0 Å². The molecule has 0 radical (unpaired) electrons. The highest BCUT2D eigenvalue weighted by Crippen LogP contribution is 2.30. The Morgan fingerprint density at radius 3 is 2.32 bits per heavy atom. The topological polar surface area (TPSA) is 76.0 Å². The number of rotatable bonds is 7. The van der Waals surface area contributed by atoms with Gasteiger partial charge in [0, 0.05) is 37.0 Å². The Labute approximate surface area is 114 Å². The maximum atomic E-state index is 10.0. The van der Waals surface area contributed by atoms with Gasteiger partial charge in [-0.15, -0.1) is 0 Å². The summed E-state index contributed by atoms with van der Waals surface area (Å²) in [6.45, 7) is 6.04. The summed E-state index contributed by atoms with van der Waals surface area (Å²) in [6.07, 6.45) is -2.05. The van der Waals surface area contributed by atoms with Crippen molar-refractivity contribution in [1.82, 2.24) is 5.32 Å². The summed E-state index contributed by atoms with van der Waals surface area (Å²) < 4.78 is 0. The van der Waals surface area contributed by atoms with Crippen molar-refractivity contribution in [2.45, 2.75) is 26.1 Å². The lowest BCUT2D eigenvalue weighted by Gasteiger charge is -2.23. The van der Waals surface area contributed by atoms with Crippen LogP contribution >= 0.6 is 0 Å². The van der Waals surface area contributed by atoms with Crippen LogP contribution in [0.2, 0.25) is 0 Å². The quantitative estimate of drug-likeness (QED) is 0.590. The third-order valence-corrected chi connectivity index (χ3v) is 3.24. The Morgan fingerprint density at radius 2 is 1.84 bits per heavy atom. The molecule has 1 aromatic rings. The standard InChI is InChI=1S/C14H24N2O3/c1-4-16(5-2)10-6-7-11(12(17)8-10)14(19)13(18)9-15-3/h6-8,13-15,17-19H,4-5,9H2,1-3H3. The zero-order valence-electron chi connectivity index (χ0n) is 11.8. The Bertz CT molecular complexity index is 394. The van der Waals surface area contributed by atoms with E-state index in [1.54, 1.807) is 19.2 Å². The van der Waals surface area contributed by atoms with Gasteiger partial charge < -0.3 is 25.5 Å². The van der Waals surface area contributed by atoms with Crippen LogP contribution in [-0.4, -0.2) is 48.1 Å². The van der Waals surface area contributed by atoms with E-state index < -0.39 is 12.2 Å². The first-order valence-corrected chi connectivity index (χ1v) is 6.63. The Hall–Kier alpha value is -1.30. The number of benzene rings is 1. The molecular formula is C14H24N2O3. The predicted molar refractivity (Wildman–Crippen MR) is 76.6 cm³/mol. The molecule has 0 amide bonds. The van der Waals surface area contributed by atoms with Crippen LogP contribution in [0.1, 0.15) is 25.5 Å². The minimum absolute atomic E-state index is 0.00653. The van der Waals surface area contributed by atoms with Crippen LogP contribution in [-0.2, 0) is 0 Å². The molecule has 108 valence electrons. The van der Waals surface area contributed by atoms with Gasteiger partial charge in [0.1, 0.15) is 11.9 Å². The molecule has 1 rings (SSSR count). The largest absolute Gasteiger partial charge is 0.507 e. The van der Waals surface area contributed by atoms with Crippen LogP contribution < -0.4 is 10.2 Å². The number of nitrogens with one attached hydrogen (secondary N) is 1. The lowest BCUT2D eigenvalue weighted by atomic mass is 10.0. The van der Waals surface area contributed by atoms with Crippen LogP contribution in [0.3, 0.4) is 0 Å². The monoisotopic (exact) mass is 268 g/mol. The van der Waals surface area contributed by atoms with Crippen molar-refractivity contribution in [2.24, 2.45) is 0 Å². The minimum Gasteiger partial charge on any atom is -0.507 e. The van der Waals surface area contributed by atoms with E-state index in [9.17, 15) is 15.3 Å². The number of hydrogen-bond acceptors (Lipinski definition) is 5. The lowest BCUT2D eigenvalue weighted by Crippen LogP contribution is -2.29. The van der Waals surface area contributed by atoms with Gasteiger partial charge in [-0.2, -0.15) is 0 Å². The zero-order valence-corrected chi connectivity index (χ0v) is 11.8. The molecule has 5 nitrogen and oxygen atoms in total. The first kappa shape index (κ1) is 15.8. The van der Waals surface area contributed by atoms with Crippen molar-refractivity contribution in [1.29, 1.82) is 0 Å². The molecule has 2 atom stereocenters. The fourth-order valence-corrected chi connectivity index (χ4v) is 2.10. The molecular weight excluding hydrogens is 244 g/mol. The number of phenolic OH excluding ortho intramolecular Hbond substituents is 1. The average molecular weight is 268 g/mol. The van der Waals surface area contributed by atoms with Crippen molar-refractivity contribution in [3.8, 4) is 5.75 Å². The van der Waals surface area contributed by atoms with Crippen molar-refractivity contribution < 1.29 is 15.3 Å². The Kier molecular flexibility index (Phi) is 6.08. The van der Waals surface area contributed by atoms with E-state index in [0.29, 0.717) is 5.56 Å². The molecule has 0 aromatic heterocycles. The molecule has 0 aliphatic heterocycles. The number of aromatic hydroxyl groups is 1. The summed E-state index contributed by atoms with van der Waals surface area (Å²) in [5.74, 6) is 0.00653. The maximum absolute atomic E-state index is 10.0. The van der Waals surface area contributed by atoms with Gasteiger partial charge >= 0.3 is 0 Å². The molecule has 4 N–H and O–H groups in total. The summed E-state index contributed by atoms with van der Waals surface area (Å²) in [7, 11) is 1.69. The van der Waals surface area contributed by atoms with Gasteiger partial charge in [0.05, 0.1) is 6.10 Å². The molecule has 0 fully saturated rings. The molecule has 0 aliphatic carbocycles. The lowest BCUT2D eigenvalue weighted by molar-refractivity contribution is 0.0189. The Balaban J connectivity index is 2.93. The number of phenols is 1. The van der Waals surface area contributed by atoms with E-state index in [2.05, 4.69) is 10.2 Å². The normalized spacial score (nSPS) is 14.2. The molecule has 2 unspecified atom stereocenters. The van der Waals surface area contributed by atoms with E-state index >= 15 is 0 Å². The van der Waals surface area contributed by atoms with Crippen molar-refractivity contribution in [3.05, 3.63) is 23.8 Å². The molecule has 0 aliphatic rings. The highest BCUT2D eigenvalue weighted by Gasteiger charge is 2.21. The fraction of sp³-hybridized carbons (Fsp3) is 0.571. The molecule has 0 saturated carbocycles. The number of hydrogen-bond donors (Lipinski definition) is 4. The second kappa shape index (κ2) is 7.33. The van der Waals surface area contributed by atoms with Crippen molar-refractivity contribution in [3.63, 3.8) is 0 Å². The number of anilines is 1. The van der Waals surface area contributed by atoms with Crippen molar-refractivity contribution >= 4 is 5.69 Å². The highest BCUT2D eigenvalue weighted by atomic mass is 16.3. The summed E-state index contributed by atoms with van der Waals surface area (Å²) in [5, 5.41) is 32.5. The van der Waals surface area contributed by atoms with Crippen LogP contribution in [0.15, 0.2) is 18.2 Å². The number of nitrogens with zero attached hydrogens (tertiary/aromatic N) is 1. The summed E-state index contributed by atoms with van der Waals surface area (Å²) in [4.78, 5) is 2.10. The first-order valence-electron chi connectivity index (χ1n) is 6.63. The fourth-order valence-electron chi connectivity index (χ4n) is 2.10. The molecule has 0 heterocycles. The van der Waals surface area contributed by atoms with Crippen LogP contribution in [0.5, 0.6) is 5.75 Å². The summed E-state index contributed by atoms with van der Waals surface area (Å²) in [5.41, 5.74) is 1.25. The van der Waals surface area contributed by atoms with Crippen LogP contribution in [0.4, 0.5) is 5.69 Å². The summed E-state index contributed by atoms with van der Waals surface area (Å²) >= 11 is 0. The summed E-state index contributed by atoms with van der Waals surface area (Å²) in [6, 6.07) is 5.13. The van der Waals surface area contributed by atoms with Crippen LogP contribution in [0, 0.1) is 0 Å². The van der Waals surface area contributed by atoms with E-state index in [-0.39, 0.29) is 12.3 Å². The number of likely N-dealkylation sites (N-methyl/N-ethyl adjacent to an activating group) is 1. The van der Waals surface area contributed by atoms with Gasteiger partial charge in [-0.05, 0) is 27.0 Å². The smallest absolute Gasteiger partial charge is 0.123 e. The van der Waals surface area contributed by atoms with Crippen molar-refractivity contribution in [2.75, 3.05) is 31.6 Å². The number of aliphatic hydroxyl groups is 2. The van der Waals surface area contributed by atoms with E-state index in [1.807, 2.05) is 19.9 Å². The highest BCUT2D eigenvalue weighted by molar-refractivity contribution is 5.53. The molecule has 0 bridgehead atoms.